The summed E-state index contributed by atoms with van der Waals surface area (Å²) in [6.45, 7) is 6.69. The van der Waals surface area contributed by atoms with Crippen LogP contribution >= 0.6 is 0 Å². The Hall–Kier alpha value is -1.85. The number of allylic oxidation sites excluding steroid dienone is 2. The predicted molar refractivity (Wildman–Crippen MR) is 284 cm³/mol. The van der Waals surface area contributed by atoms with E-state index in [1.807, 2.05) is 0 Å². The molecule has 0 rings (SSSR count). The molecule has 1 atom stereocenters. The highest BCUT2D eigenvalue weighted by Crippen LogP contribution is 2.17. The van der Waals surface area contributed by atoms with Crippen LogP contribution in [-0.2, 0) is 28.6 Å². The minimum atomic E-state index is -0.769. The first-order chi connectivity index (χ1) is 32.5. The topological polar surface area (TPSA) is 78.9 Å². The smallest absolute Gasteiger partial charge is 0.306 e. The molecular weight excluding hydrogens is 817 g/mol. The lowest BCUT2D eigenvalue weighted by molar-refractivity contribution is -0.167. The lowest BCUT2D eigenvalue weighted by atomic mass is 10.0. The first kappa shape index (κ1) is 64.2. The van der Waals surface area contributed by atoms with E-state index in [4.69, 9.17) is 14.2 Å². The molecule has 0 saturated heterocycles. The fourth-order valence-electron chi connectivity index (χ4n) is 9.03. The van der Waals surface area contributed by atoms with Crippen LogP contribution in [0.1, 0.15) is 335 Å². The van der Waals surface area contributed by atoms with E-state index in [0.29, 0.717) is 19.3 Å². The van der Waals surface area contributed by atoms with Gasteiger partial charge in [-0.2, -0.15) is 0 Å². The van der Waals surface area contributed by atoms with Gasteiger partial charge in [-0.25, -0.2) is 0 Å². The van der Waals surface area contributed by atoms with E-state index >= 15 is 0 Å². The molecule has 0 aliphatic rings. The normalized spacial score (nSPS) is 12.0. The van der Waals surface area contributed by atoms with E-state index in [2.05, 4.69) is 32.9 Å². The lowest BCUT2D eigenvalue weighted by Crippen LogP contribution is -2.30. The summed E-state index contributed by atoms with van der Waals surface area (Å²) >= 11 is 0. The number of ether oxygens (including phenoxy) is 3. The Morgan fingerprint density at radius 2 is 0.500 bits per heavy atom. The van der Waals surface area contributed by atoms with Crippen LogP contribution in [0.25, 0.3) is 0 Å². The van der Waals surface area contributed by atoms with Gasteiger partial charge in [0, 0.05) is 19.3 Å². The van der Waals surface area contributed by atoms with Crippen molar-refractivity contribution in [2.45, 2.75) is 341 Å². The quantitative estimate of drug-likeness (QED) is 0.0262. The average molecular weight is 932 g/mol. The van der Waals surface area contributed by atoms with E-state index in [1.54, 1.807) is 0 Å². The van der Waals surface area contributed by atoms with Crippen molar-refractivity contribution >= 4 is 17.9 Å². The number of carbonyl (C=O) groups excluding carboxylic acids is 3. The molecule has 0 aromatic carbocycles. The molecule has 6 heteroatoms. The van der Waals surface area contributed by atoms with Crippen molar-refractivity contribution in [2.24, 2.45) is 0 Å². The predicted octanol–water partition coefficient (Wildman–Crippen LogP) is 19.7. The van der Waals surface area contributed by atoms with Gasteiger partial charge in [0.1, 0.15) is 13.2 Å². The van der Waals surface area contributed by atoms with Crippen molar-refractivity contribution in [3.8, 4) is 0 Å². The third-order valence-corrected chi connectivity index (χ3v) is 13.5. The number of carbonyl (C=O) groups is 3. The monoisotopic (exact) mass is 931 g/mol. The van der Waals surface area contributed by atoms with E-state index in [1.165, 1.54) is 231 Å². The van der Waals surface area contributed by atoms with Gasteiger partial charge in [-0.1, -0.05) is 283 Å². The molecule has 6 nitrogen and oxygen atoms in total. The van der Waals surface area contributed by atoms with Gasteiger partial charge in [-0.05, 0) is 44.9 Å². The Bertz CT molecular complexity index is 1020. The molecule has 66 heavy (non-hydrogen) atoms. The van der Waals surface area contributed by atoms with Gasteiger partial charge in [-0.3, -0.25) is 14.4 Å². The Morgan fingerprint density at radius 1 is 0.288 bits per heavy atom. The maximum absolute atomic E-state index is 12.9. The number of esters is 3. The number of unbranched alkanes of at least 4 members (excludes halogenated alkanes) is 42. The van der Waals surface area contributed by atoms with Crippen LogP contribution in [0.15, 0.2) is 12.2 Å². The number of hydrogen-bond acceptors (Lipinski definition) is 6. The molecule has 0 bridgehead atoms. The zero-order chi connectivity index (χ0) is 47.9. The molecule has 0 aromatic heterocycles. The molecule has 0 radical (unpaired) electrons. The number of rotatable bonds is 55. The van der Waals surface area contributed by atoms with Crippen LogP contribution in [0.2, 0.25) is 0 Å². The van der Waals surface area contributed by atoms with Crippen LogP contribution in [-0.4, -0.2) is 37.2 Å². The molecule has 0 unspecified atom stereocenters. The van der Waals surface area contributed by atoms with Crippen LogP contribution in [0, 0.1) is 0 Å². The Balaban J connectivity index is 4.31. The molecule has 0 N–H and O–H groups in total. The Morgan fingerprint density at radius 3 is 0.758 bits per heavy atom. The summed E-state index contributed by atoms with van der Waals surface area (Å²) < 4.78 is 16.9. The van der Waals surface area contributed by atoms with E-state index in [0.717, 1.165) is 64.2 Å². The maximum Gasteiger partial charge on any atom is 0.306 e. The van der Waals surface area contributed by atoms with Gasteiger partial charge >= 0.3 is 17.9 Å². The first-order valence-electron chi connectivity index (χ1n) is 29.7. The second kappa shape index (κ2) is 55.7. The molecule has 390 valence electrons. The highest BCUT2D eigenvalue weighted by atomic mass is 16.6. The summed E-state index contributed by atoms with van der Waals surface area (Å²) in [5.74, 6) is -0.849. The molecular formula is C60H114O6. The van der Waals surface area contributed by atoms with Gasteiger partial charge in [0.2, 0.25) is 0 Å². The molecule has 0 spiro atoms. The third kappa shape index (κ3) is 53.1. The van der Waals surface area contributed by atoms with Gasteiger partial charge in [0.05, 0.1) is 0 Å². The second-order valence-electron chi connectivity index (χ2n) is 20.3. The largest absolute Gasteiger partial charge is 0.462 e. The minimum absolute atomic E-state index is 0.0672. The molecule has 0 aliphatic carbocycles. The van der Waals surface area contributed by atoms with Crippen molar-refractivity contribution in [1.82, 2.24) is 0 Å². The molecule has 0 fully saturated rings. The van der Waals surface area contributed by atoms with E-state index in [-0.39, 0.29) is 31.1 Å². The van der Waals surface area contributed by atoms with Gasteiger partial charge in [0.15, 0.2) is 6.10 Å². The maximum atomic E-state index is 12.9. The van der Waals surface area contributed by atoms with Gasteiger partial charge < -0.3 is 14.2 Å². The van der Waals surface area contributed by atoms with Gasteiger partial charge in [-0.15, -0.1) is 0 Å². The average Bonchev–Trinajstić information content (AvgIpc) is 3.31. The van der Waals surface area contributed by atoms with Crippen LogP contribution in [0.5, 0.6) is 0 Å². The van der Waals surface area contributed by atoms with Crippen molar-refractivity contribution in [3.63, 3.8) is 0 Å². The summed E-state index contributed by atoms with van der Waals surface area (Å²) in [6, 6.07) is 0. The summed E-state index contributed by atoms with van der Waals surface area (Å²) in [4.78, 5) is 38.2. The molecule has 0 aliphatic heterocycles. The fraction of sp³-hybridized carbons (Fsp3) is 0.917. The highest BCUT2D eigenvalue weighted by molar-refractivity contribution is 5.71. The molecule has 0 saturated carbocycles. The summed E-state index contributed by atoms with van der Waals surface area (Å²) in [6.07, 6.45) is 63.4. The Kier molecular flexibility index (Phi) is 54.2. The molecule has 0 aromatic rings. The SMILES string of the molecule is CCCCCCCCC/C=C\CCCCCCCC(=O)O[C@H](COC(=O)CCCCCCCCCCCCCCCC)COC(=O)CCCCCCCCCCCCCCCCCCCC. The van der Waals surface area contributed by atoms with Crippen LogP contribution in [0.3, 0.4) is 0 Å². The van der Waals surface area contributed by atoms with E-state index in [9.17, 15) is 14.4 Å². The zero-order valence-corrected chi connectivity index (χ0v) is 44.7. The highest BCUT2D eigenvalue weighted by Gasteiger charge is 2.19. The minimum Gasteiger partial charge on any atom is -0.462 e. The lowest BCUT2D eigenvalue weighted by Gasteiger charge is -2.18. The molecule has 0 amide bonds. The third-order valence-electron chi connectivity index (χ3n) is 13.5. The van der Waals surface area contributed by atoms with Crippen molar-refractivity contribution in [2.75, 3.05) is 13.2 Å². The number of hydrogen-bond donors (Lipinski definition) is 0. The second-order valence-corrected chi connectivity index (χ2v) is 20.3. The molecule has 0 heterocycles. The van der Waals surface area contributed by atoms with Gasteiger partial charge in [0.25, 0.3) is 0 Å². The zero-order valence-electron chi connectivity index (χ0n) is 44.7. The first-order valence-corrected chi connectivity index (χ1v) is 29.7. The standard InChI is InChI=1S/C60H114O6/c1-4-7-10-13-16-19-22-25-28-30-31-33-35-38-41-44-47-50-53-59(62)65-56-57(55-64-58(61)52-49-46-43-40-37-34-27-24-21-18-15-12-9-6-3)66-60(63)54-51-48-45-42-39-36-32-29-26-23-20-17-14-11-8-5-2/h29,32,57H,4-28,30-31,33-56H2,1-3H3/b32-29-/t57-/m1/s1. The summed E-state index contributed by atoms with van der Waals surface area (Å²) in [5, 5.41) is 0. The van der Waals surface area contributed by atoms with E-state index < -0.39 is 6.10 Å². The van der Waals surface area contributed by atoms with Crippen molar-refractivity contribution in [3.05, 3.63) is 12.2 Å². The van der Waals surface area contributed by atoms with Crippen LogP contribution in [0.4, 0.5) is 0 Å². The van der Waals surface area contributed by atoms with Crippen molar-refractivity contribution < 1.29 is 28.6 Å². The van der Waals surface area contributed by atoms with Crippen molar-refractivity contribution in [1.29, 1.82) is 0 Å². The summed E-state index contributed by atoms with van der Waals surface area (Å²) in [7, 11) is 0. The van der Waals surface area contributed by atoms with Crippen LogP contribution < -0.4 is 0 Å². The fourth-order valence-corrected chi connectivity index (χ4v) is 9.03. The Labute approximate surface area is 411 Å². The summed E-state index contributed by atoms with van der Waals surface area (Å²) in [5.41, 5.74) is 0.